The fourth-order valence-electron chi connectivity index (χ4n) is 1.44. The first-order valence-electron chi connectivity index (χ1n) is 5.07. The molecular weight excluding hydrogens is 242 g/mol. The van der Waals surface area contributed by atoms with E-state index in [1.165, 1.54) is 26.4 Å². The molecule has 0 bridgehead atoms. The van der Waals surface area contributed by atoms with Crippen LogP contribution in [0.25, 0.3) is 11.4 Å². The first-order valence-corrected chi connectivity index (χ1v) is 5.07. The molecule has 6 heteroatoms. The van der Waals surface area contributed by atoms with Crippen molar-refractivity contribution < 1.29 is 18.3 Å². The molecule has 1 aromatic heterocycles. The van der Waals surface area contributed by atoms with Gasteiger partial charge in [-0.3, -0.25) is 0 Å². The van der Waals surface area contributed by atoms with Crippen molar-refractivity contribution in [2.24, 2.45) is 0 Å². The molecule has 0 atom stereocenters. The number of halogens is 2. The van der Waals surface area contributed by atoms with Gasteiger partial charge in [0.15, 0.2) is 5.82 Å². The number of nitrogens with zero attached hydrogens (tertiary/aromatic N) is 2. The van der Waals surface area contributed by atoms with Gasteiger partial charge in [0.25, 0.3) is 0 Å². The van der Waals surface area contributed by atoms with E-state index >= 15 is 0 Å². The lowest BCUT2D eigenvalue weighted by Crippen LogP contribution is -2.00. The van der Waals surface area contributed by atoms with Crippen LogP contribution in [0.2, 0.25) is 0 Å². The SMILES string of the molecule is COc1cc(OC)nc(-c2c(F)cccc2F)n1. The Morgan fingerprint density at radius 1 is 0.944 bits per heavy atom. The zero-order valence-electron chi connectivity index (χ0n) is 9.78. The summed E-state index contributed by atoms with van der Waals surface area (Å²) in [5.74, 6) is -1.28. The topological polar surface area (TPSA) is 44.2 Å². The third-order valence-corrected chi connectivity index (χ3v) is 2.28. The third-order valence-electron chi connectivity index (χ3n) is 2.28. The number of hydrogen-bond acceptors (Lipinski definition) is 4. The Balaban J connectivity index is 2.63. The molecular formula is C12H10F2N2O2. The smallest absolute Gasteiger partial charge is 0.220 e. The van der Waals surface area contributed by atoms with Gasteiger partial charge in [0.2, 0.25) is 11.8 Å². The van der Waals surface area contributed by atoms with E-state index in [1.54, 1.807) is 0 Å². The largest absolute Gasteiger partial charge is 0.481 e. The van der Waals surface area contributed by atoms with E-state index in [0.717, 1.165) is 12.1 Å². The molecule has 2 rings (SSSR count). The zero-order valence-corrected chi connectivity index (χ0v) is 9.78. The van der Waals surface area contributed by atoms with Crippen LogP contribution in [0.5, 0.6) is 11.8 Å². The highest BCUT2D eigenvalue weighted by molar-refractivity contribution is 5.58. The normalized spacial score (nSPS) is 10.2. The van der Waals surface area contributed by atoms with E-state index in [1.807, 2.05) is 0 Å². The van der Waals surface area contributed by atoms with Crippen LogP contribution in [0.1, 0.15) is 0 Å². The van der Waals surface area contributed by atoms with Crippen molar-refractivity contribution >= 4 is 0 Å². The molecule has 1 aromatic carbocycles. The monoisotopic (exact) mass is 252 g/mol. The number of benzene rings is 1. The molecule has 0 saturated heterocycles. The van der Waals surface area contributed by atoms with Gasteiger partial charge < -0.3 is 9.47 Å². The van der Waals surface area contributed by atoms with Gasteiger partial charge in [0.05, 0.1) is 25.8 Å². The Kier molecular flexibility index (Phi) is 3.36. The summed E-state index contributed by atoms with van der Waals surface area (Å²) >= 11 is 0. The molecule has 2 aromatic rings. The number of rotatable bonds is 3. The molecule has 18 heavy (non-hydrogen) atoms. The minimum atomic E-state index is -0.745. The van der Waals surface area contributed by atoms with Gasteiger partial charge in [0.1, 0.15) is 11.6 Å². The van der Waals surface area contributed by atoms with E-state index in [9.17, 15) is 8.78 Å². The van der Waals surface area contributed by atoms with Crippen molar-refractivity contribution in [2.45, 2.75) is 0 Å². The highest BCUT2D eigenvalue weighted by Gasteiger charge is 2.16. The van der Waals surface area contributed by atoms with E-state index in [2.05, 4.69) is 9.97 Å². The van der Waals surface area contributed by atoms with E-state index in [-0.39, 0.29) is 23.1 Å². The van der Waals surface area contributed by atoms with Gasteiger partial charge in [-0.15, -0.1) is 0 Å². The minimum absolute atomic E-state index is 0.123. The Hall–Kier alpha value is -2.24. The highest BCUT2D eigenvalue weighted by Crippen LogP contribution is 2.26. The number of methoxy groups -OCH3 is 2. The summed E-state index contributed by atoms with van der Waals surface area (Å²) in [5.41, 5.74) is -0.310. The van der Waals surface area contributed by atoms with Crippen molar-refractivity contribution in [1.82, 2.24) is 9.97 Å². The summed E-state index contributed by atoms with van der Waals surface area (Å²) in [4.78, 5) is 7.80. The summed E-state index contributed by atoms with van der Waals surface area (Å²) in [6.45, 7) is 0. The molecule has 0 N–H and O–H groups in total. The second kappa shape index (κ2) is 4.95. The van der Waals surface area contributed by atoms with Crippen LogP contribution >= 0.6 is 0 Å². The van der Waals surface area contributed by atoms with Crippen molar-refractivity contribution in [2.75, 3.05) is 14.2 Å². The summed E-state index contributed by atoms with van der Waals surface area (Å²) in [6.07, 6.45) is 0. The van der Waals surface area contributed by atoms with Crippen LogP contribution in [0, 0.1) is 11.6 Å². The van der Waals surface area contributed by atoms with Crippen LogP contribution in [0.15, 0.2) is 24.3 Å². The van der Waals surface area contributed by atoms with E-state index in [4.69, 9.17) is 9.47 Å². The Morgan fingerprint density at radius 2 is 1.44 bits per heavy atom. The van der Waals surface area contributed by atoms with Gasteiger partial charge >= 0.3 is 0 Å². The molecule has 0 saturated carbocycles. The van der Waals surface area contributed by atoms with Crippen molar-refractivity contribution in [1.29, 1.82) is 0 Å². The zero-order chi connectivity index (χ0) is 13.1. The fourth-order valence-corrected chi connectivity index (χ4v) is 1.44. The maximum Gasteiger partial charge on any atom is 0.220 e. The van der Waals surface area contributed by atoms with Crippen molar-refractivity contribution in [3.05, 3.63) is 35.9 Å². The molecule has 0 aliphatic rings. The predicted octanol–water partition coefficient (Wildman–Crippen LogP) is 2.44. The van der Waals surface area contributed by atoms with Crippen LogP contribution in [0.3, 0.4) is 0 Å². The van der Waals surface area contributed by atoms with Gasteiger partial charge in [-0.25, -0.2) is 8.78 Å². The molecule has 0 aliphatic heterocycles. The highest BCUT2D eigenvalue weighted by atomic mass is 19.1. The molecule has 0 radical (unpaired) electrons. The number of ether oxygens (including phenoxy) is 2. The van der Waals surface area contributed by atoms with E-state index in [0.29, 0.717) is 0 Å². The lowest BCUT2D eigenvalue weighted by Gasteiger charge is -2.07. The molecule has 0 spiro atoms. The summed E-state index contributed by atoms with van der Waals surface area (Å²) in [6, 6.07) is 4.95. The second-order valence-corrected chi connectivity index (χ2v) is 3.37. The molecule has 0 amide bonds. The summed E-state index contributed by atoms with van der Waals surface area (Å²) in [5, 5.41) is 0. The molecule has 0 unspecified atom stereocenters. The predicted molar refractivity (Wildman–Crippen MR) is 60.5 cm³/mol. The maximum atomic E-state index is 13.6. The molecule has 0 aliphatic carbocycles. The Morgan fingerprint density at radius 3 is 1.89 bits per heavy atom. The van der Waals surface area contributed by atoms with Gasteiger partial charge in [-0.05, 0) is 12.1 Å². The standard InChI is InChI=1S/C12H10F2N2O2/c1-17-9-6-10(18-2)16-12(15-9)11-7(13)4-3-5-8(11)14/h3-6H,1-2H3. The minimum Gasteiger partial charge on any atom is -0.481 e. The van der Waals surface area contributed by atoms with Crippen molar-refractivity contribution in [3.8, 4) is 23.1 Å². The maximum absolute atomic E-state index is 13.6. The Bertz CT molecular complexity index is 533. The van der Waals surface area contributed by atoms with Gasteiger partial charge in [-0.1, -0.05) is 6.07 Å². The first-order chi connectivity index (χ1) is 8.65. The van der Waals surface area contributed by atoms with Gasteiger partial charge in [0, 0.05) is 0 Å². The average molecular weight is 252 g/mol. The van der Waals surface area contributed by atoms with Crippen LogP contribution < -0.4 is 9.47 Å². The summed E-state index contributed by atoms with van der Waals surface area (Å²) < 4.78 is 37.1. The van der Waals surface area contributed by atoms with Gasteiger partial charge in [-0.2, -0.15) is 9.97 Å². The lowest BCUT2D eigenvalue weighted by molar-refractivity contribution is 0.372. The third kappa shape index (κ3) is 2.22. The van der Waals surface area contributed by atoms with Crippen LogP contribution in [0.4, 0.5) is 8.78 Å². The molecule has 1 heterocycles. The molecule has 0 fully saturated rings. The molecule has 4 nitrogen and oxygen atoms in total. The Labute approximate surface area is 102 Å². The van der Waals surface area contributed by atoms with Crippen LogP contribution in [-0.4, -0.2) is 24.2 Å². The molecule has 94 valence electrons. The fraction of sp³-hybridized carbons (Fsp3) is 0.167. The second-order valence-electron chi connectivity index (χ2n) is 3.37. The number of hydrogen-bond donors (Lipinski definition) is 0. The summed E-state index contributed by atoms with van der Waals surface area (Å²) in [7, 11) is 2.78. The number of aromatic nitrogens is 2. The quantitative estimate of drug-likeness (QED) is 0.841. The average Bonchev–Trinajstić information content (AvgIpc) is 2.38. The lowest BCUT2D eigenvalue weighted by atomic mass is 10.2. The van der Waals surface area contributed by atoms with Crippen molar-refractivity contribution in [3.63, 3.8) is 0 Å². The van der Waals surface area contributed by atoms with Crippen LogP contribution in [-0.2, 0) is 0 Å². The van der Waals surface area contributed by atoms with E-state index < -0.39 is 11.6 Å². The first kappa shape index (κ1) is 12.2.